The summed E-state index contributed by atoms with van der Waals surface area (Å²) in [4.78, 5) is 41.1. The molecule has 1 aliphatic rings. The molecule has 0 radical (unpaired) electrons. The number of aliphatic imine (C=N–C) groups is 1. The van der Waals surface area contributed by atoms with E-state index in [1.54, 1.807) is 0 Å². The summed E-state index contributed by atoms with van der Waals surface area (Å²) in [6, 6.07) is -1.64. The van der Waals surface area contributed by atoms with E-state index in [0.29, 0.717) is 6.61 Å². The van der Waals surface area contributed by atoms with Crippen LogP contribution in [-0.4, -0.2) is 60.2 Å². The fourth-order valence-corrected chi connectivity index (χ4v) is 4.65. The van der Waals surface area contributed by atoms with Crippen molar-refractivity contribution in [1.29, 1.82) is 0 Å². The van der Waals surface area contributed by atoms with Crippen LogP contribution in [0.5, 0.6) is 0 Å². The van der Waals surface area contributed by atoms with E-state index in [1.165, 1.54) is 6.92 Å². The molecule has 186 valence electrons. The van der Waals surface area contributed by atoms with E-state index < -0.39 is 29.9 Å². The van der Waals surface area contributed by atoms with Crippen molar-refractivity contribution in [2.75, 3.05) is 13.2 Å². The number of hydrogen-bond acceptors (Lipinski definition) is 5. The fourth-order valence-electron chi connectivity index (χ4n) is 4.65. The number of carbonyl (C=O) groups excluding carboxylic acids is 2. The topological polar surface area (TPSA) is 169 Å². The number of carbonyl (C=O) groups is 3. The van der Waals surface area contributed by atoms with Gasteiger partial charge in [-0.15, -0.1) is 0 Å². The Bertz CT molecular complexity index is 655. The minimum Gasteiger partial charge on any atom is -0.481 e. The van der Waals surface area contributed by atoms with Crippen LogP contribution in [-0.2, 0) is 19.1 Å². The van der Waals surface area contributed by atoms with Crippen molar-refractivity contribution in [3.63, 3.8) is 0 Å². The van der Waals surface area contributed by atoms with Crippen LogP contribution in [0.1, 0.15) is 67.6 Å². The van der Waals surface area contributed by atoms with E-state index in [1.807, 2.05) is 13.8 Å². The second-order valence-electron chi connectivity index (χ2n) is 8.49. The number of carboxylic acids is 1. The van der Waals surface area contributed by atoms with E-state index in [4.69, 9.17) is 16.2 Å². The number of rotatable bonds is 14. The lowest BCUT2D eigenvalue weighted by Gasteiger charge is -2.37. The molecule has 1 fully saturated rings. The minimum absolute atomic E-state index is 0. The average Bonchev–Trinajstić information content (AvgIpc) is 3.04. The number of ether oxygens (including phenoxy) is 1. The number of unbranched alkanes of at least 4 members (excludes halogenated alkanes) is 1. The highest BCUT2D eigenvalue weighted by Crippen LogP contribution is 2.39. The lowest BCUT2D eigenvalue weighted by molar-refractivity contribution is -0.142. The molecule has 0 saturated heterocycles. The molecule has 32 heavy (non-hydrogen) atoms. The molecule has 1 aliphatic carbocycles. The Hall–Kier alpha value is -2.36. The Morgan fingerprint density at radius 2 is 1.84 bits per heavy atom. The molecule has 7 N–H and O–H groups in total. The monoisotopic (exact) mass is 459 g/mol. The molecule has 0 spiro atoms. The van der Waals surface area contributed by atoms with Gasteiger partial charge in [0.15, 0.2) is 5.96 Å². The van der Waals surface area contributed by atoms with Gasteiger partial charge in [0, 0.05) is 39.4 Å². The summed E-state index contributed by atoms with van der Waals surface area (Å²) in [7, 11) is 0. The largest absolute Gasteiger partial charge is 0.481 e. The highest BCUT2D eigenvalue weighted by Gasteiger charge is 2.52. The number of carboxylic acid groups (broad SMARTS) is 1. The first-order valence-corrected chi connectivity index (χ1v) is 11.6. The summed E-state index contributed by atoms with van der Waals surface area (Å²) in [6.45, 7) is 8.36. The highest BCUT2D eigenvalue weighted by molar-refractivity contribution is 5.79. The highest BCUT2D eigenvalue weighted by atomic mass is 16.5. The quantitative estimate of drug-likeness (QED) is 0.148. The third kappa shape index (κ3) is 8.29. The molecular weight excluding hydrogens is 414 g/mol. The van der Waals surface area contributed by atoms with Gasteiger partial charge in [-0.3, -0.25) is 14.4 Å². The Labute approximate surface area is 192 Å². The maximum absolute atomic E-state index is 12.7. The molecule has 5 atom stereocenters. The number of amides is 2. The van der Waals surface area contributed by atoms with Gasteiger partial charge in [-0.1, -0.05) is 40.0 Å². The second kappa shape index (κ2) is 13.9. The van der Waals surface area contributed by atoms with Gasteiger partial charge in [-0.05, 0) is 18.8 Å². The predicted octanol–water partition coefficient (Wildman–Crippen LogP) is 1.23. The number of nitrogens with one attached hydrogen (secondary N) is 2. The molecule has 0 aliphatic heterocycles. The molecule has 0 aromatic heterocycles. The Morgan fingerprint density at radius 3 is 2.34 bits per heavy atom. The summed E-state index contributed by atoms with van der Waals surface area (Å²) < 4.78 is 5.47. The van der Waals surface area contributed by atoms with E-state index in [2.05, 4.69) is 22.5 Å². The van der Waals surface area contributed by atoms with Crippen LogP contribution in [0.15, 0.2) is 4.99 Å². The normalized spacial score (nSPS) is 23.5. The smallest absolute Gasteiger partial charge is 0.308 e. The Balaban J connectivity index is 0.0000102. The van der Waals surface area contributed by atoms with Crippen LogP contribution in [0, 0.1) is 17.8 Å². The van der Waals surface area contributed by atoms with Gasteiger partial charge in [0.2, 0.25) is 11.8 Å². The van der Waals surface area contributed by atoms with Crippen molar-refractivity contribution in [2.24, 2.45) is 34.2 Å². The Morgan fingerprint density at radius 1 is 1.19 bits per heavy atom. The zero-order chi connectivity index (χ0) is 24.3. The van der Waals surface area contributed by atoms with Crippen molar-refractivity contribution in [3.05, 3.63) is 0 Å². The molecule has 0 aromatic rings. The van der Waals surface area contributed by atoms with Gasteiger partial charge in [-0.2, -0.15) is 0 Å². The minimum atomic E-state index is -1.03. The van der Waals surface area contributed by atoms with E-state index in [-0.39, 0.29) is 50.6 Å². The van der Waals surface area contributed by atoms with Crippen LogP contribution in [0.4, 0.5) is 0 Å². The fraction of sp³-hybridized carbons (Fsp3) is 0.818. The van der Waals surface area contributed by atoms with Crippen LogP contribution >= 0.6 is 0 Å². The molecule has 0 heterocycles. The average molecular weight is 460 g/mol. The standard InChI is InChI=1S/C22H41N5O5.H2/c1-5-8-10-32-11-9-17(29)27-20-15(21(30)31)12-16(26-22(23)24)18(20)19(25-13(4)28)14(6-2)7-3;/h14-16,18-20H,5-12H2,1-4H3,(H,25,28)(H,27,29)(H,30,31)(H4,23,24,26);1H/t15-,16+,18+,19+,20+;/m0./s1/i;1+2. The van der Waals surface area contributed by atoms with Crippen LogP contribution in [0.25, 0.3) is 0 Å². The molecule has 0 bridgehead atoms. The first kappa shape index (κ1) is 27.7. The van der Waals surface area contributed by atoms with Gasteiger partial charge in [-0.25, -0.2) is 4.99 Å². The zero-order valence-electron chi connectivity index (χ0n) is 19.8. The molecule has 0 aromatic carbocycles. The second-order valence-corrected chi connectivity index (χ2v) is 8.49. The van der Waals surface area contributed by atoms with Crippen molar-refractivity contribution < 1.29 is 25.7 Å². The third-order valence-corrected chi connectivity index (χ3v) is 6.20. The van der Waals surface area contributed by atoms with Crippen molar-refractivity contribution in [2.45, 2.75) is 84.3 Å². The summed E-state index contributed by atoms with van der Waals surface area (Å²) in [5.74, 6) is -2.95. The number of guanidine groups is 1. The van der Waals surface area contributed by atoms with Crippen molar-refractivity contribution in [3.8, 4) is 0 Å². The molecule has 1 saturated carbocycles. The van der Waals surface area contributed by atoms with Gasteiger partial charge in [0.05, 0.1) is 18.6 Å². The summed E-state index contributed by atoms with van der Waals surface area (Å²) in [5.41, 5.74) is 11.3. The van der Waals surface area contributed by atoms with E-state index in [0.717, 1.165) is 25.7 Å². The molecule has 10 heteroatoms. The van der Waals surface area contributed by atoms with E-state index in [9.17, 15) is 19.5 Å². The first-order valence-electron chi connectivity index (χ1n) is 11.6. The lowest BCUT2D eigenvalue weighted by atomic mass is 9.79. The summed E-state index contributed by atoms with van der Waals surface area (Å²) in [6.07, 6.45) is 3.77. The SMILES string of the molecule is CCCCOCCC(=O)N[C@H]1[C@@H]([C@H](NC(C)=O)C(CC)CC)[C@H](N=C(N)N)C[C@@H]1C(=O)O.[3HH]. The number of nitrogens with two attached hydrogens (primary N) is 2. The van der Waals surface area contributed by atoms with E-state index >= 15 is 0 Å². The first-order chi connectivity index (χ1) is 15.2. The molecule has 1 rings (SSSR count). The van der Waals surface area contributed by atoms with Crippen LogP contribution < -0.4 is 22.1 Å². The van der Waals surface area contributed by atoms with Crippen LogP contribution in [0.3, 0.4) is 0 Å². The van der Waals surface area contributed by atoms with Gasteiger partial charge >= 0.3 is 5.97 Å². The Kier molecular flexibility index (Phi) is 12.0. The molecule has 2 amide bonds. The number of nitrogens with zero attached hydrogens (tertiary/aromatic N) is 1. The van der Waals surface area contributed by atoms with Crippen molar-refractivity contribution in [1.82, 2.24) is 10.6 Å². The molecule has 10 nitrogen and oxygen atoms in total. The third-order valence-electron chi connectivity index (χ3n) is 6.20. The number of aliphatic carboxylic acids is 1. The van der Waals surface area contributed by atoms with Crippen LogP contribution in [0.2, 0.25) is 0 Å². The maximum Gasteiger partial charge on any atom is 0.308 e. The van der Waals surface area contributed by atoms with Gasteiger partial charge < -0.3 is 31.9 Å². The van der Waals surface area contributed by atoms with Gasteiger partial charge in [0.1, 0.15) is 0 Å². The number of hydrogen-bond donors (Lipinski definition) is 5. The van der Waals surface area contributed by atoms with Gasteiger partial charge in [0.25, 0.3) is 0 Å². The lowest BCUT2D eigenvalue weighted by Crippen LogP contribution is -2.55. The summed E-state index contributed by atoms with van der Waals surface area (Å²) >= 11 is 0. The molecular formula is C22H43N5O5. The zero-order valence-corrected chi connectivity index (χ0v) is 19.8. The predicted molar refractivity (Wildman–Crippen MR) is 125 cm³/mol. The molecule has 0 unspecified atom stereocenters. The maximum atomic E-state index is 12.7. The summed E-state index contributed by atoms with van der Waals surface area (Å²) in [5, 5.41) is 15.8. The van der Waals surface area contributed by atoms with Crippen molar-refractivity contribution >= 4 is 23.7 Å².